The van der Waals surface area contributed by atoms with Gasteiger partial charge in [-0.15, -0.1) is 11.3 Å². The van der Waals surface area contributed by atoms with Crippen molar-refractivity contribution in [2.75, 3.05) is 6.54 Å². The molecule has 1 aromatic heterocycles. The number of aromatic nitrogens is 1. The van der Waals surface area contributed by atoms with Gasteiger partial charge in [-0.2, -0.15) is 0 Å². The minimum atomic E-state index is -0.440. The van der Waals surface area contributed by atoms with Gasteiger partial charge in [0, 0.05) is 17.8 Å². The van der Waals surface area contributed by atoms with Crippen LogP contribution in [0.2, 0.25) is 0 Å². The molecule has 15 heavy (non-hydrogen) atoms. The predicted octanol–water partition coefficient (Wildman–Crippen LogP) is 0.766. The highest BCUT2D eigenvalue weighted by atomic mass is 32.1. The maximum atomic E-state index is 11.2. The Morgan fingerprint density at radius 1 is 1.60 bits per heavy atom. The molecule has 5 heteroatoms. The highest BCUT2D eigenvalue weighted by Crippen LogP contribution is 2.16. The molecular weight excluding hydrogens is 210 g/mol. The maximum Gasteiger partial charge on any atom is 0.236 e. The molecule has 1 heterocycles. The average molecular weight is 227 g/mol. The fraction of sp³-hybridized carbons (Fsp3) is 0.600. The third-order valence-corrected chi connectivity index (χ3v) is 3.26. The fourth-order valence-corrected chi connectivity index (χ4v) is 2.03. The van der Waals surface area contributed by atoms with E-state index < -0.39 is 6.04 Å². The first kappa shape index (κ1) is 12.1. The second kappa shape index (κ2) is 5.23. The first-order valence-electron chi connectivity index (χ1n) is 4.97. The van der Waals surface area contributed by atoms with Gasteiger partial charge in [0.2, 0.25) is 5.91 Å². The van der Waals surface area contributed by atoms with Crippen molar-refractivity contribution in [3.05, 3.63) is 15.6 Å². The molecule has 1 atom stereocenters. The molecule has 0 radical (unpaired) electrons. The number of rotatable bonds is 4. The van der Waals surface area contributed by atoms with Crippen molar-refractivity contribution >= 4 is 17.2 Å². The number of hydrogen-bond donors (Lipinski definition) is 2. The van der Waals surface area contributed by atoms with Crippen LogP contribution in [0.1, 0.15) is 22.5 Å². The van der Waals surface area contributed by atoms with Gasteiger partial charge in [0.15, 0.2) is 0 Å². The summed E-state index contributed by atoms with van der Waals surface area (Å²) < 4.78 is 0. The summed E-state index contributed by atoms with van der Waals surface area (Å²) in [7, 11) is 0. The predicted molar refractivity (Wildman–Crippen MR) is 62.0 cm³/mol. The molecule has 1 amide bonds. The Kier molecular flexibility index (Phi) is 4.23. The molecule has 3 N–H and O–H groups in total. The molecule has 0 spiro atoms. The molecule has 0 saturated carbocycles. The summed E-state index contributed by atoms with van der Waals surface area (Å²) in [5, 5.41) is 3.83. The Labute approximate surface area is 93.9 Å². The smallest absolute Gasteiger partial charge is 0.236 e. The summed E-state index contributed by atoms with van der Waals surface area (Å²) >= 11 is 1.68. The van der Waals surface area contributed by atoms with Crippen LogP contribution in [0.25, 0.3) is 0 Å². The molecule has 0 aromatic carbocycles. The van der Waals surface area contributed by atoms with Gasteiger partial charge in [-0.1, -0.05) is 0 Å². The standard InChI is InChI=1S/C10H17N3OS/c1-6(11)10(14)12-5-4-9-13-7(2)8(3)15-9/h6H,4-5,11H2,1-3H3,(H,12,14)/t6-/m1/s1. The molecule has 1 aromatic rings. The van der Waals surface area contributed by atoms with E-state index >= 15 is 0 Å². The molecule has 0 aliphatic carbocycles. The van der Waals surface area contributed by atoms with Gasteiger partial charge in [0.1, 0.15) is 0 Å². The van der Waals surface area contributed by atoms with Gasteiger partial charge in [0.05, 0.1) is 16.7 Å². The molecule has 0 bridgehead atoms. The molecule has 0 fully saturated rings. The second-order valence-electron chi connectivity index (χ2n) is 3.58. The van der Waals surface area contributed by atoms with Gasteiger partial charge in [-0.3, -0.25) is 4.79 Å². The number of nitrogens with one attached hydrogen (secondary N) is 1. The normalized spacial score (nSPS) is 12.5. The molecule has 1 rings (SSSR count). The zero-order valence-electron chi connectivity index (χ0n) is 9.33. The summed E-state index contributed by atoms with van der Waals surface area (Å²) in [4.78, 5) is 16.8. The van der Waals surface area contributed by atoms with E-state index in [9.17, 15) is 4.79 Å². The van der Waals surface area contributed by atoms with Crippen molar-refractivity contribution in [3.8, 4) is 0 Å². The topological polar surface area (TPSA) is 68.0 Å². The van der Waals surface area contributed by atoms with Crippen LogP contribution < -0.4 is 11.1 Å². The number of carbonyl (C=O) groups is 1. The van der Waals surface area contributed by atoms with Crippen LogP contribution in [0.4, 0.5) is 0 Å². The molecule has 0 saturated heterocycles. The van der Waals surface area contributed by atoms with Gasteiger partial charge >= 0.3 is 0 Å². The second-order valence-corrected chi connectivity index (χ2v) is 4.87. The largest absolute Gasteiger partial charge is 0.354 e. The first-order valence-corrected chi connectivity index (χ1v) is 5.78. The van der Waals surface area contributed by atoms with Gasteiger partial charge < -0.3 is 11.1 Å². The van der Waals surface area contributed by atoms with Gasteiger partial charge in [-0.05, 0) is 20.8 Å². The minimum absolute atomic E-state index is 0.111. The molecule has 0 unspecified atom stereocenters. The number of amides is 1. The highest BCUT2D eigenvalue weighted by Gasteiger charge is 2.07. The fourth-order valence-electron chi connectivity index (χ4n) is 1.10. The monoisotopic (exact) mass is 227 g/mol. The number of carbonyl (C=O) groups excluding carboxylic acids is 1. The SMILES string of the molecule is Cc1nc(CCNC(=O)[C@@H](C)N)sc1C. The van der Waals surface area contributed by atoms with E-state index in [1.165, 1.54) is 4.88 Å². The number of aryl methyl sites for hydroxylation is 2. The van der Waals surface area contributed by atoms with Crippen molar-refractivity contribution in [1.82, 2.24) is 10.3 Å². The lowest BCUT2D eigenvalue weighted by molar-refractivity contribution is -0.121. The van der Waals surface area contributed by atoms with E-state index in [4.69, 9.17) is 5.73 Å². The third-order valence-electron chi connectivity index (χ3n) is 2.12. The Bertz CT molecular complexity index is 327. The van der Waals surface area contributed by atoms with E-state index in [1.807, 2.05) is 6.92 Å². The minimum Gasteiger partial charge on any atom is -0.354 e. The van der Waals surface area contributed by atoms with E-state index in [2.05, 4.69) is 17.2 Å². The van der Waals surface area contributed by atoms with Gasteiger partial charge in [0.25, 0.3) is 0 Å². The Balaban J connectivity index is 2.35. The summed E-state index contributed by atoms with van der Waals surface area (Å²) in [5.74, 6) is -0.111. The van der Waals surface area contributed by atoms with Crippen LogP contribution >= 0.6 is 11.3 Å². The van der Waals surface area contributed by atoms with Crippen molar-refractivity contribution in [2.24, 2.45) is 5.73 Å². The lowest BCUT2D eigenvalue weighted by atomic mass is 10.3. The Hall–Kier alpha value is -0.940. The van der Waals surface area contributed by atoms with Crippen LogP contribution in [-0.4, -0.2) is 23.5 Å². The zero-order valence-corrected chi connectivity index (χ0v) is 10.1. The van der Waals surface area contributed by atoms with Crippen LogP contribution in [0.5, 0.6) is 0 Å². The summed E-state index contributed by atoms with van der Waals surface area (Å²) in [6.45, 7) is 6.33. The lowest BCUT2D eigenvalue weighted by Crippen LogP contribution is -2.39. The quantitative estimate of drug-likeness (QED) is 0.798. The molecular formula is C10H17N3OS. The Morgan fingerprint density at radius 3 is 2.73 bits per heavy atom. The number of nitrogens with two attached hydrogens (primary N) is 1. The average Bonchev–Trinajstić information content (AvgIpc) is 2.46. The lowest BCUT2D eigenvalue weighted by Gasteiger charge is -2.05. The van der Waals surface area contributed by atoms with E-state index in [-0.39, 0.29) is 5.91 Å². The highest BCUT2D eigenvalue weighted by molar-refractivity contribution is 7.11. The molecule has 84 valence electrons. The third kappa shape index (κ3) is 3.60. The van der Waals surface area contributed by atoms with E-state index in [0.717, 1.165) is 17.1 Å². The maximum absolute atomic E-state index is 11.2. The van der Waals surface area contributed by atoms with Crippen molar-refractivity contribution < 1.29 is 4.79 Å². The number of thiazole rings is 1. The van der Waals surface area contributed by atoms with E-state index in [1.54, 1.807) is 18.3 Å². The van der Waals surface area contributed by atoms with Crippen LogP contribution in [0, 0.1) is 13.8 Å². The van der Waals surface area contributed by atoms with Crippen LogP contribution in [0.15, 0.2) is 0 Å². The molecule has 4 nitrogen and oxygen atoms in total. The van der Waals surface area contributed by atoms with Crippen molar-refractivity contribution in [2.45, 2.75) is 33.2 Å². The van der Waals surface area contributed by atoms with Crippen molar-refractivity contribution in [1.29, 1.82) is 0 Å². The first-order chi connectivity index (χ1) is 7.00. The van der Waals surface area contributed by atoms with Crippen molar-refractivity contribution in [3.63, 3.8) is 0 Å². The summed E-state index contributed by atoms with van der Waals surface area (Å²) in [6, 6.07) is -0.440. The number of nitrogens with zero attached hydrogens (tertiary/aromatic N) is 1. The molecule has 0 aliphatic rings. The summed E-state index contributed by atoms with van der Waals surface area (Å²) in [6.07, 6.45) is 0.776. The summed E-state index contributed by atoms with van der Waals surface area (Å²) in [5.41, 5.74) is 6.50. The Morgan fingerprint density at radius 2 is 2.27 bits per heavy atom. The van der Waals surface area contributed by atoms with Crippen LogP contribution in [-0.2, 0) is 11.2 Å². The molecule has 0 aliphatic heterocycles. The van der Waals surface area contributed by atoms with Crippen LogP contribution in [0.3, 0.4) is 0 Å². The zero-order chi connectivity index (χ0) is 11.4. The van der Waals surface area contributed by atoms with E-state index in [0.29, 0.717) is 6.54 Å². The number of hydrogen-bond acceptors (Lipinski definition) is 4. The van der Waals surface area contributed by atoms with Gasteiger partial charge in [-0.25, -0.2) is 4.98 Å².